The summed E-state index contributed by atoms with van der Waals surface area (Å²) in [6, 6.07) is 4.17. The van der Waals surface area contributed by atoms with E-state index >= 15 is 0 Å². The molecule has 0 heterocycles. The van der Waals surface area contributed by atoms with Crippen LogP contribution in [0.5, 0.6) is 5.75 Å². The van der Waals surface area contributed by atoms with Crippen LogP contribution >= 0.6 is 0 Å². The molecule has 0 bridgehead atoms. The average molecular weight is 317 g/mol. The molecular weight excluding hydrogens is 286 g/mol. The van der Waals surface area contributed by atoms with Gasteiger partial charge in [-0.3, -0.25) is 4.79 Å². The minimum atomic E-state index is -0.121. The molecule has 0 saturated carbocycles. The zero-order valence-electron chi connectivity index (χ0n) is 15.6. The highest BCUT2D eigenvalue weighted by Crippen LogP contribution is 2.38. The van der Waals surface area contributed by atoms with Crippen molar-refractivity contribution in [1.82, 2.24) is 5.32 Å². The highest BCUT2D eigenvalue weighted by Gasteiger charge is 2.24. The van der Waals surface area contributed by atoms with Crippen LogP contribution in [0, 0.1) is 0 Å². The second-order valence-electron chi connectivity index (χ2n) is 8.14. The molecule has 2 N–H and O–H groups in total. The Kier molecular flexibility index (Phi) is 6.04. The summed E-state index contributed by atoms with van der Waals surface area (Å²) >= 11 is 0. The summed E-state index contributed by atoms with van der Waals surface area (Å²) in [6.07, 6.45) is 4.68. The predicted octanol–water partition coefficient (Wildman–Crippen LogP) is 4.53. The third kappa shape index (κ3) is 5.74. The van der Waals surface area contributed by atoms with Gasteiger partial charge in [0.2, 0.25) is 5.91 Å². The quantitative estimate of drug-likeness (QED) is 0.802. The highest BCUT2D eigenvalue weighted by molar-refractivity contribution is 5.72. The summed E-state index contributed by atoms with van der Waals surface area (Å²) in [4.78, 5) is 10.9. The number of hydrogen-bond donors (Lipinski definition) is 2. The number of benzene rings is 1. The first-order valence-electron chi connectivity index (χ1n) is 8.22. The van der Waals surface area contributed by atoms with Gasteiger partial charge in [-0.2, -0.15) is 0 Å². The fourth-order valence-corrected chi connectivity index (χ4v) is 2.33. The van der Waals surface area contributed by atoms with E-state index in [1.807, 2.05) is 12.2 Å². The summed E-state index contributed by atoms with van der Waals surface area (Å²) in [6.45, 7) is 15.0. The minimum absolute atomic E-state index is 0.0203. The van der Waals surface area contributed by atoms with Crippen LogP contribution in [-0.4, -0.2) is 17.6 Å². The van der Waals surface area contributed by atoms with E-state index in [2.05, 4.69) is 59.0 Å². The van der Waals surface area contributed by atoms with Crippen LogP contribution in [0.3, 0.4) is 0 Å². The van der Waals surface area contributed by atoms with Gasteiger partial charge in [-0.1, -0.05) is 59.8 Å². The number of hydrogen-bond acceptors (Lipinski definition) is 2. The van der Waals surface area contributed by atoms with E-state index in [1.54, 1.807) is 0 Å². The van der Waals surface area contributed by atoms with E-state index in [4.69, 9.17) is 0 Å². The topological polar surface area (TPSA) is 49.3 Å². The fourth-order valence-electron chi connectivity index (χ4n) is 2.33. The molecule has 0 spiro atoms. The molecule has 0 fully saturated rings. The van der Waals surface area contributed by atoms with Gasteiger partial charge in [0.05, 0.1) is 0 Å². The Balaban J connectivity index is 3.15. The smallest absolute Gasteiger partial charge is 0.216 e. The van der Waals surface area contributed by atoms with Crippen LogP contribution in [0.1, 0.15) is 71.6 Å². The number of nitrogens with one attached hydrogen (secondary N) is 1. The Labute approximate surface area is 140 Å². The van der Waals surface area contributed by atoms with E-state index in [0.29, 0.717) is 12.3 Å². The summed E-state index contributed by atoms with van der Waals surface area (Å²) in [5.74, 6) is 0.326. The molecule has 0 radical (unpaired) electrons. The number of amides is 1. The lowest BCUT2D eigenvalue weighted by Gasteiger charge is -2.27. The van der Waals surface area contributed by atoms with Gasteiger partial charge >= 0.3 is 0 Å². The van der Waals surface area contributed by atoms with Crippen molar-refractivity contribution in [3.8, 4) is 5.75 Å². The van der Waals surface area contributed by atoms with Crippen molar-refractivity contribution in [2.75, 3.05) is 6.54 Å². The molecule has 1 rings (SSSR count). The molecule has 1 aromatic rings. The molecule has 3 heteroatoms. The molecule has 0 aliphatic heterocycles. The molecule has 23 heavy (non-hydrogen) atoms. The average Bonchev–Trinajstić information content (AvgIpc) is 2.36. The molecule has 3 nitrogen and oxygen atoms in total. The maximum atomic E-state index is 10.9. The molecule has 0 unspecified atom stereocenters. The lowest BCUT2D eigenvalue weighted by molar-refractivity contribution is -0.118. The SMILES string of the molecule is CC(=O)NCCC=Cc1cc(C(C)(C)C)cc(C(C)(C)C)c1O. The van der Waals surface area contributed by atoms with E-state index in [0.717, 1.165) is 17.5 Å². The first kappa shape index (κ1) is 19.3. The number of phenols is 1. The van der Waals surface area contributed by atoms with Crippen molar-refractivity contribution >= 4 is 12.0 Å². The van der Waals surface area contributed by atoms with E-state index in [1.165, 1.54) is 12.5 Å². The first-order chi connectivity index (χ1) is 10.4. The Morgan fingerprint density at radius 2 is 1.74 bits per heavy atom. The van der Waals surface area contributed by atoms with E-state index in [-0.39, 0.29) is 16.7 Å². The van der Waals surface area contributed by atoms with Crippen LogP contribution in [0.2, 0.25) is 0 Å². The maximum absolute atomic E-state index is 10.9. The third-order valence-electron chi connectivity index (χ3n) is 3.80. The van der Waals surface area contributed by atoms with E-state index in [9.17, 15) is 9.90 Å². The minimum Gasteiger partial charge on any atom is -0.507 e. The molecular formula is C20H31NO2. The number of rotatable bonds is 4. The fraction of sp³-hybridized carbons (Fsp3) is 0.550. The van der Waals surface area contributed by atoms with Crippen molar-refractivity contribution in [2.45, 2.75) is 65.7 Å². The summed E-state index contributed by atoms with van der Waals surface area (Å²) in [5.41, 5.74) is 2.91. The van der Waals surface area contributed by atoms with Crippen molar-refractivity contribution in [3.63, 3.8) is 0 Å². The molecule has 1 aromatic carbocycles. The van der Waals surface area contributed by atoms with Crippen LogP contribution in [0.15, 0.2) is 18.2 Å². The van der Waals surface area contributed by atoms with Crippen molar-refractivity contribution in [3.05, 3.63) is 34.9 Å². The molecule has 0 atom stereocenters. The van der Waals surface area contributed by atoms with Crippen molar-refractivity contribution in [1.29, 1.82) is 0 Å². The Morgan fingerprint density at radius 1 is 1.13 bits per heavy atom. The van der Waals surface area contributed by atoms with Gasteiger partial charge in [-0.25, -0.2) is 0 Å². The number of carbonyl (C=O) groups excluding carboxylic acids is 1. The van der Waals surface area contributed by atoms with Gasteiger partial charge in [0.1, 0.15) is 5.75 Å². The maximum Gasteiger partial charge on any atom is 0.216 e. The number of aromatic hydroxyl groups is 1. The van der Waals surface area contributed by atoms with Crippen LogP contribution in [0.4, 0.5) is 0 Å². The number of carbonyl (C=O) groups is 1. The Hall–Kier alpha value is -1.77. The lowest BCUT2D eigenvalue weighted by atomic mass is 9.79. The molecule has 0 aliphatic carbocycles. The second kappa shape index (κ2) is 7.20. The van der Waals surface area contributed by atoms with Crippen molar-refractivity contribution in [2.24, 2.45) is 0 Å². The van der Waals surface area contributed by atoms with E-state index < -0.39 is 0 Å². The Morgan fingerprint density at radius 3 is 2.22 bits per heavy atom. The molecule has 1 amide bonds. The number of phenolic OH excluding ortho intramolecular Hbond substituents is 1. The molecule has 0 aliphatic rings. The lowest BCUT2D eigenvalue weighted by Crippen LogP contribution is -2.20. The largest absolute Gasteiger partial charge is 0.507 e. The third-order valence-corrected chi connectivity index (χ3v) is 3.80. The summed E-state index contributed by atoms with van der Waals surface area (Å²) in [5, 5.41) is 13.4. The van der Waals surface area contributed by atoms with Crippen LogP contribution in [0.25, 0.3) is 6.08 Å². The van der Waals surface area contributed by atoms with Crippen LogP contribution < -0.4 is 5.32 Å². The standard InChI is InChI=1S/C20H31NO2/c1-14(22)21-11-9-8-10-15-12-16(19(2,3)4)13-17(18(15)23)20(5,6)7/h8,10,12-13,23H,9,11H2,1-7H3,(H,21,22). The van der Waals surface area contributed by atoms with Gasteiger partial charge < -0.3 is 10.4 Å². The molecule has 128 valence electrons. The predicted molar refractivity (Wildman–Crippen MR) is 97.8 cm³/mol. The summed E-state index contributed by atoms with van der Waals surface area (Å²) < 4.78 is 0. The second-order valence-corrected chi connectivity index (χ2v) is 8.14. The normalized spacial score (nSPS) is 12.7. The van der Waals surface area contributed by atoms with Crippen molar-refractivity contribution < 1.29 is 9.90 Å². The van der Waals surface area contributed by atoms with Gasteiger partial charge in [0.15, 0.2) is 0 Å². The van der Waals surface area contributed by atoms with Gasteiger partial charge in [0.25, 0.3) is 0 Å². The monoisotopic (exact) mass is 317 g/mol. The van der Waals surface area contributed by atoms with Gasteiger partial charge in [-0.15, -0.1) is 0 Å². The van der Waals surface area contributed by atoms with Gasteiger partial charge in [0, 0.05) is 24.6 Å². The zero-order chi connectivity index (χ0) is 17.8. The zero-order valence-corrected chi connectivity index (χ0v) is 15.6. The Bertz CT molecular complexity index is 587. The van der Waals surface area contributed by atoms with Gasteiger partial charge in [-0.05, 0) is 28.9 Å². The first-order valence-corrected chi connectivity index (χ1v) is 8.22. The summed E-state index contributed by atoms with van der Waals surface area (Å²) in [7, 11) is 0. The molecule has 0 aromatic heterocycles. The molecule has 0 saturated heterocycles. The van der Waals surface area contributed by atoms with Crippen LogP contribution in [-0.2, 0) is 15.6 Å². The highest BCUT2D eigenvalue weighted by atomic mass is 16.3.